The molecule has 2 heterocycles. The number of carbonyl (C=O) groups excluding carboxylic acids is 1. The Morgan fingerprint density at radius 3 is 2.73 bits per heavy atom. The van der Waals surface area contributed by atoms with Crippen molar-refractivity contribution < 1.29 is 9.53 Å². The van der Waals surface area contributed by atoms with Crippen molar-refractivity contribution in [1.29, 1.82) is 0 Å². The summed E-state index contributed by atoms with van der Waals surface area (Å²) in [5.41, 5.74) is 3.42. The van der Waals surface area contributed by atoms with Gasteiger partial charge in [0.1, 0.15) is 17.1 Å². The van der Waals surface area contributed by atoms with Crippen LogP contribution < -0.4 is 10.1 Å². The molecule has 2 N–H and O–H groups in total. The quantitative estimate of drug-likeness (QED) is 0.686. The highest BCUT2D eigenvalue weighted by atomic mass is 16.5. The lowest BCUT2D eigenvalue weighted by atomic mass is 10.1. The smallest absolute Gasteiger partial charge is 0.269 e. The molecule has 0 bridgehead atoms. The Morgan fingerprint density at radius 2 is 2.08 bits per heavy atom. The van der Waals surface area contributed by atoms with E-state index in [0.717, 1.165) is 30.0 Å². The van der Waals surface area contributed by atoms with E-state index in [1.165, 1.54) is 5.56 Å². The number of aromatic amines is 1. The summed E-state index contributed by atoms with van der Waals surface area (Å²) in [5.74, 6) is 0.712. The van der Waals surface area contributed by atoms with Crippen molar-refractivity contribution in [2.45, 2.75) is 25.8 Å². The molecule has 0 unspecified atom stereocenters. The number of ether oxygens (including phenoxy) is 1. The normalized spacial score (nSPS) is 12.0. The van der Waals surface area contributed by atoms with Gasteiger partial charge in [-0.2, -0.15) is 5.10 Å². The van der Waals surface area contributed by atoms with Gasteiger partial charge in [0.05, 0.1) is 12.8 Å². The first-order valence-corrected chi connectivity index (χ1v) is 8.67. The van der Waals surface area contributed by atoms with Crippen LogP contribution in [0.5, 0.6) is 5.75 Å². The number of carbonyl (C=O) groups is 1. The van der Waals surface area contributed by atoms with Gasteiger partial charge in [-0.25, -0.2) is 0 Å². The zero-order valence-corrected chi connectivity index (χ0v) is 15.3. The van der Waals surface area contributed by atoms with E-state index in [1.54, 1.807) is 13.2 Å². The zero-order valence-electron chi connectivity index (χ0n) is 15.3. The zero-order chi connectivity index (χ0) is 18.5. The van der Waals surface area contributed by atoms with Crippen LogP contribution in [-0.2, 0) is 13.5 Å². The molecular weight excluding hydrogens is 328 g/mol. The van der Waals surface area contributed by atoms with Gasteiger partial charge < -0.3 is 14.6 Å². The molecule has 6 heteroatoms. The molecule has 1 amide bonds. The van der Waals surface area contributed by atoms with Crippen LogP contribution in [0, 0.1) is 0 Å². The fourth-order valence-corrected chi connectivity index (χ4v) is 2.85. The molecule has 0 saturated heterocycles. The van der Waals surface area contributed by atoms with E-state index in [-0.39, 0.29) is 11.9 Å². The van der Waals surface area contributed by atoms with Gasteiger partial charge in [0.2, 0.25) is 0 Å². The molecule has 0 spiro atoms. The molecular formula is C20H24N4O2. The summed E-state index contributed by atoms with van der Waals surface area (Å²) in [6, 6.07) is 13.8. The Balaban J connectivity index is 1.54. The van der Waals surface area contributed by atoms with Gasteiger partial charge in [-0.3, -0.25) is 9.89 Å². The van der Waals surface area contributed by atoms with E-state index in [0.29, 0.717) is 5.69 Å². The van der Waals surface area contributed by atoms with Crippen molar-refractivity contribution >= 4 is 5.91 Å². The predicted molar refractivity (Wildman–Crippen MR) is 101 cm³/mol. The lowest BCUT2D eigenvalue weighted by Gasteiger charge is -2.13. The predicted octanol–water partition coefficient (Wildman–Crippen LogP) is 3.17. The van der Waals surface area contributed by atoms with Gasteiger partial charge in [-0.1, -0.05) is 12.1 Å². The number of H-pyrrole nitrogens is 1. The van der Waals surface area contributed by atoms with Crippen molar-refractivity contribution in [3.05, 3.63) is 59.9 Å². The molecule has 0 fully saturated rings. The van der Waals surface area contributed by atoms with Gasteiger partial charge in [-0.05, 0) is 55.7 Å². The first-order valence-electron chi connectivity index (χ1n) is 8.67. The molecule has 0 aliphatic heterocycles. The van der Waals surface area contributed by atoms with Crippen LogP contribution in [0.4, 0.5) is 0 Å². The topological polar surface area (TPSA) is 71.9 Å². The maximum absolute atomic E-state index is 12.4. The van der Waals surface area contributed by atoms with Gasteiger partial charge in [0.15, 0.2) is 0 Å². The highest BCUT2D eigenvalue weighted by molar-refractivity contribution is 5.93. The van der Waals surface area contributed by atoms with E-state index in [4.69, 9.17) is 4.74 Å². The standard InChI is InChI=1S/C20H24N4O2/c1-14(6-7-15-8-10-16(26-3)11-9-15)21-20(25)18-13-17(22-23-18)19-5-4-12-24(19)2/h4-5,8-14H,6-7H2,1-3H3,(H,21,25)(H,22,23)/t14-/m0/s1. The largest absolute Gasteiger partial charge is 0.497 e. The monoisotopic (exact) mass is 352 g/mol. The summed E-state index contributed by atoms with van der Waals surface area (Å²) in [7, 11) is 3.61. The molecule has 1 aromatic carbocycles. The molecule has 26 heavy (non-hydrogen) atoms. The Hall–Kier alpha value is -3.02. The maximum atomic E-state index is 12.4. The summed E-state index contributed by atoms with van der Waals surface area (Å²) >= 11 is 0. The van der Waals surface area contributed by atoms with Gasteiger partial charge in [-0.15, -0.1) is 0 Å². The van der Waals surface area contributed by atoms with E-state index in [2.05, 4.69) is 27.6 Å². The van der Waals surface area contributed by atoms with Crippen molar-refractivity contribution in [3.8, 4) is 17.1 Å². The average Bonchev–Trinajstić information content (AvgIpc) is 3.29. The number of rotatable bonds is 7. The molecule has 0 aliphatic rings. The van der Waals surface area contributed by atoms with Crippen LogP contribution in [0.25, 0.3) is 11.4 Å². The molecule has 6 nitrogen and oxygen atoms in total. The molecule has 3 aromatic rings. The number of amides is 1. The number of nitrogens with zero attached hydrogens (tertiary/aromatic N) is 2. The van der Waals surface area contributed by atoms with Crippen molar-refractivity contribution in [2.24, 2.45) is 7.05 Å². The summed E-state index contributed by atoms with van der Waals surface area (Å²) in [5, 5.41) is 10.1. The molecule has 0 saturated carbocycles. The third-order valence-corrected chi connectivity index (χ3v) is 4.43. The second-order valence-corrected chi connectivity index (χ2v) is 6.43. The Kier molecular flexibility index (Phi) is 5.41. The lowest BCUT2D eigenvalue weighted by molar-refractivity contribution is 0.0933. The number of aryl methyl sites for hydroxylation is 2. The van der Waals surface area contributed by atoms with E-state index in [1.807, 2.05) is 49.0 Å². The van der Waals surface area contributed by atoms with Crippen LogP contribution in [0.15, 0.2) is 48.7 Å². The van der Waals surface area contributed by atoms with Gasteiger partial charge >= 0.3 is 0 Å². The van der Waals surface area contributed by atoms with E-state index < -0.39 is 0 Å². The summed E-state index contributed by atoms with van der Waals surface area (Å²) < 4.78 is 7.13. The number of methoxy groups -OCH3 is 1. The van der Waals surface area contributed by atoms with Gasteiger partial charge in [0.25, 0.3) is 5.91 Å². The highest BCUT2D eigenvalue weighted by Crippen LogP contribution is 2.17. The van der Waals surface area contributed by atoms with Crippen molar-refractivity contribution in [3.63, 3.8) is 0 Å². The number of hydrogen-bond donors (Lipinski definition) is 2. The fraction of sp³-hybridized carbons (Fsp3) is 0.300. The minimum Gasteiger partial charge on any atom is -0.497 e. The molecule has 1 atom stereocenters. The first-order chi connectivity index (χ1) is 12.6. The Bertz CT molecular complexity index is 864. The van der Waals surface area contributed by atoms with Crippen molar-refractivity contribution in [1.82, 2.24) is 20.1 Å². The van der Waals surface area contributed by atoms with Crippen molar-refractivity contribution in [2.75, 3.05) is 7.11 Å². The lowest BCUT2D eigenvalue weighted by Crippen LogP contribution is -2.33. The van der Waals surface area contributed by atoms with Crippen LogP contribution in [0.2, 0.25) is 0 Å². The summed E-state index contributed by atoms with van der Waals surface area (Å²) in [4.78, 5) is 12.4. The fourth-order valence-electron chi connectivity index (χ4n) is 2.85. The number of aromatic nitrogens is 3. The molecule has 0 aliphatic carbocycles. The van der Waals surface area contributed by atoms with Crippen LogP contribution in [0.3, 0.4) is 0 Å². The average molecular weight is 352 g/mol. The molecule has 3 rings (SSSR count). The maximum Gasteiger partial charge on any atom is 0.269 e. The van der Waals surface area contributed by atoms with E-state index in [9.17, 15) is 4.79 Å². The summed E-state index contributed by atoms with van der Waals surface area (Å²) in [6.45, 7) is 2.01. The highest BCUT2D eigenvalue weighted by Gasteiger charge is 2.14. The van der Waals surface area contributed by atoms with Crippen LogP contribution >= 0.6 is 0 Å². The number of nitrogens with one attached hydrogen (secondary N) is 2. The number of hydrogen-bond acceptors (Lipinski definition) is 3. The SMILES string of the molecule is COc1ccc(CC[C@H](C)NC(=O)c2cc(-c3cccn3C)n[nH]2)cc1. The Labute approximate surface area is 153 Å². The van der Waals surface area contributed by atoms with Gasteiger partial charge in [0, 0.05) is 19.3 Å². The van der Waals surface area contributed by atoms with E-state index >= 15 is 0 Å². The number of benzene rings is 1. The Morgan fingerprint density at radius 1 is 1.31 bits per heavy atom. The third-order valence-electron chi connectivity index (χ3n) is 4.43. The minimum atomic E-state index is -0.139. The first kappa shape index (κ1) is 17.8. The van der Waals surface area contributed by atoms with Crippen LogP contribution in [0.1, 0.15) is 29.4 Å². The molecule has 2 aromatic heterocycles. The second kappa shape index (κ2) is 7.91. The molecule has 0 radical (unpaired) electrons. The third kappa shape index (κ3) is 4.14. The van der Waals surface area contributed by atoms with Crippen LogP contribution in [-0.4, -0.2) is 33.8 Å². The second-order valence-electron chi connectivity index (χ2n) is 6.43. The minimum absolute atomic E-state index is 0.0615. The summed E-state index contributed by atoms with van der Waals surface area (Å²) in [6.07, 6.45) is 3.70. The molecule has 136 valence electrons.